The van der Waals surface area contributed by atoms with Crippen LogP contribution in [0.25, 0.3) is 0 Å². The number of nitrogens with zero attached hydrogens (tertiary/aromatic N) is 1. The molecule has 0 heterocycles. The van der Waals surface area contributed by atoms with Gasteiger partial charge < -0.3 is 15.4 Å². The van der Waals surface area contributed by atoms with Crippen LogP contribution in [0.5, 0.6) is 5.75 Å². The molecule has 0 radical (unpaired) electrons. The molecule has 130 valence electrons. The quantitative estimate of drug-likeness (QED) is 0.307. The topological polar surface area (TPSA) is 45.7 Å². The Morgan fingerprint density at radius 3 is 2.57 bits per heavy atom. The van der Waals surface area contributed by atoms with E-state index < -0.39 is 11.7 Å². The van der Waals surface area contributed by atoms with Gasteiger partial charge in [0.05, 0.1) is 12.1 Å². The van der Waals surface area contributed by atoms with Crippen LogP contribution in [0.4, 0.5) is 13.2 Å². The maximum Gasteiger partial charge on any atom is 0.419 e. The molecule has 1 aliphatic carbocycles. The number of para-hydroxylation sites is 1. The number of nitrogens with one attached hydrogen (secondary N) is 2. The average Bonchev–Trinajstić information content (AvgIpc) is 3.30. The van der Waals surface area contributed by atoms with Gasteiger partial charge in [0, 0.05) is 13.6 Å². The molecule has 0 aromatic heterocycles. The third-order valence-electron chi connectivity index (χ3n) is 3.32. The van der Waals surface area contributed by atoms with E-state index in [1.165, 1.54) is 31.0 Å². The molecule has 0 bridgehead atoms. The van der Waals surface area contributed by atoms with Gasteiger partial charge in [0.15, 0.2) is 5.96 Å². The van der Waals surface area contributed by atoms with Gasteiger partial charge in [0.1, 0.15) is 12.4 Å². The highest BCUT2D eigenvalue weighted by Crippen LogP contribution is 2.35. The Morgan fingerprint density at radius 2 is 1.96 bits per heavy atom. The summed E-state index contributed by atoms with van der Waals surface area (Å²) in [5.41, 5.74) is -0.758. The lowest BCUT2D eigenvalue weighted by atomic mass is 10.2. The van der Waals surface area contributed by atoms with Gasteiger partial charge in [-0.2, -0.15) is 13.2 Å². The highest BCUT2D eigenvalue weighted by Gasteiger charge is 2.33. The zero-order valence-electron chi connectivity index (χ0n) is 12.8. The first-order chi connectivity index (χ1) is 10.5. The largest absolute Gasteiger partial charge is 0.491 e. The molecule has 2 N–H and O–H groups in total. The Morgan fingerprint density at radius 1 is 1.26 bits per heavy atom. The normalized spacial score (nSPS) is 14.9. The molecule has 0 aliphatic heterocycles. The Kier molecular flexibility index (Phi) is 7.93. The molecule has 1 fully saturated rings. The highest BCUT2D eigenvalue weighted by molar-refractivity contribution is 14.0. The van der Waals surface area contributed by atoms with E-state index in [-0.39, 0.29) is 36.3 Å². The van der Waals surface area contributed by atoms with Crippen LogP contribution in [0, 0.1) is 5.92 Å². The Bertz CT molecular complexity index is 519. The molecule has 1 saturated carbocycles. The van der Waals surface area contributed by atoms with Crippen molar-refractivity contribution in [2.45, 2.75) is 19.0 Å². The maximum absolute atomic E-state index is 12.8. The minimum atomic E-state index is -4.41. The predicted octanol–water partition coefficient (Wildman–Crippen LogP) is 3.28. The second kappa shape index (κ2) is 9.19. The van der Waals surface area contributed by atoms with Crippen molar-refractivity contribution >= 4 is 29.9 Å². The van der Waals surface area contributed by atoms with Crippen LogP contribution in [-0.2, 0) is 6.18 Å². The summed E-state index contributed by atoms with van der Waals surface area (Å²) in [6, 6.07) is 5.20. The van der Waals surface area contributed by atoms with Crippen molar-refractivity contribution < 1.29 is 17.9 Å². The molecule has 0 atom stereocenters. The summed E-state index contributed by atoms with van der Waals surface area (Å²) in [4.78, 5) is 4.05. The SMILES string of the molecule is CN=C(NCCOc1ccccc1C(F)(F)F)NCC1CC1.I. The summed E-state index contributed by atoms with van der Waals surface area (Å²) in [7, 11) is 1.65. The minimum Gasteiger partial charge on any atom is -0.491 e. The van der Waals surface area contributed by atoms with Gasteiger partial charge in [-0.05, 0) is 30.9 Å². The number of ether oxygens (including phenoxy) is 1. The molecule has 23 heavy (non-hydrogen) atoms. The fraction of sp³-hybridized carbons (Fsp3) is 0.533. The summed E-state index contributed by atoms with van der Waals surface area (Å²) >= 11 is 0. The van der Waals surface area contributed by atoms with Gasteiger partial charge in [0.2, 0.25) is 0 Å². The fourth-order valence-electron chi connectivity index (χ4n) is 1.94. The lowest BCUT2D eigenvalue weighted by Gasteiger charge is -2.15. The predicted molar refractivity (Wildman–Crippen MR) is 94.4 cm³/mol. The van der Waals surface area contributed by atoms with Crippen LogP contribution in [0.1, 0.15) is 18.4 Å². The molecule has 1 aromatic carbocycles. The number of aliphatic imine (C=N–C) groups is 1. The molecular formula is C15H21F3IN3O. The zero-order valence-corrected chi connectivity index (χ0v) is 15.2. The van der Waals surface area contributed by atoms with E-state index in [1.807, 2.05) is 0 Å². The first kappa shape index (κ1) is 19.9. The van der Waals surface area contributed by atoms with Gasteiger partial charge in [-0.15, -0.1) is 24.0 Å². The molecular weight excluding hydrogens is 422 g/mol. The molecule has 0 spiro atoms. The van der Waals surface area contributed by atoms with Crippen LogP contribution in [0.15, 0.2) is 29.3 Å². The molecule has 8 heteroatoms. The number of benzene rings is 1. The number of alkyl halides is 3. The zero-order chi connectivity index (χ0) is 16.0. The number of hydrogen-bond acceptors (Lipinski definition) is 2. The van der Waals surface area contributed by atoms with Crippen molar-refractivity contribution in [3.8, 4) is 5.75 Å². The smallest absolute Gasteiger partial charge is 0.419 e. The Hall–Kier alpha value is -1.19. The lowest BCUT2D eigenvalue weighted by Crippen LogP contribution is -2.40. The fourth-order valence-corrected chi connectivity index (χ4v) is 1.94. The lowest BCUT2D eigenvalue weighted by molar-refractivity contribution is -0.138. The summed E-state index contributed by atoms with van der Waals surface area (Å²) in [5.74, 6) is 1.20. The van der Waals surface area contributed by atoms with Crippen molar-refractivity contribution in [3.63, 3.8) is 0 Å². The summed E-state index contributed by atoms with van der Waals surface area (Å²) in [6.07, 6.45) is -1.94. The Balaban J connectivity index is 0.00000264. The molecule has 2 rings (SSSR count). The molecule has 4 nitrogen and oxygen atoms in total. The van der Waals surface area contributed by atoms with E-state index in [1.54, 1.807) is 7.05 Å². The second-order valence-electron chi connectivity index (χ2n) is 5.17. The molecule has 0 saturated heterocycles. The van der Waals surface area contributed by atoms with E-state index in [9.17, 15) is 13.2 Å². The van der Waals surface area contributed by atoms with Crippen molar-refractivity contribution in [2.75, 3.05) is 26.7 Å². The van der Waals surface area contributed by atoms with Gasteiger partial charge in [-0.25, -0.2) is 0 Å². The number of hydrogen-bond donors (Lipinski definition) is 2. The highest BCUT2D eigenvalue weighted by atomic mass is 127. The van der Waals surface area contributed by atoms with E-state index >= 15 is 0 Å². The van der Waals surface area contributed by atoms with Gasteiger partial charge in [0.25, 0.3) is 0 Å². The molecule has 1 aromatic rings. The van der Waals surface area contributed by atoms with Gasteiger partial charge in [-0.1, -0.05) is 12.1 Å². The second-order valence-corrected chi connectivity index (χ2v) is 5.17. The van der Waals surface area contributed by atoms with E-state index in [2.05, 4.69) is 15.6 Å². The maximum atomic E-state index is 12.8. The van der Waals surface area contributed by atoms with Crippen molar-refractivity contribution in [2.24, 2.45) is 10.9 Å². The first-order valence-corrected chi connectivity index (χ1v) is 7.24. The van der Waals surface area contributed by atoms with E-state index in [4.69, 9.17) is 4.74 Å². The molecule has 0 unspecified atom stereocenters. The number of rotatable bonds is 6. The molecule has 0 amide bonds. The van der Waals surface area contributed by atoms with Crippen LogP contribution in [-0.4, -0.2) is 32.7 Å². The van der Waals surface area contributed by atoms with E-state index in [0.717, 1.165) is 12.6 Å². The average molecular weight is 443 g/mol. The van der Waals surface area contributed by atoms with Crippen LogP contribution >= 0.6 is 24.0 Å². The third-order valence-corrected chi connectivity index (χ3v) is 3.32. The Labute approximate surface area is 150 Å². The van der Waals surface area contributed by atoms with Crippen molar-refractivity contribution in [1.82, 2.24) is 10.6 Å². The van der Waals surface area contributed by atoms with Crippen molar-refractivity contribution in [1.29, 1.82) is 0 Å². The summed E-state index contributed by atoms with van der Waals surface area (Å²) < 4.78 is 43.6. The summed E-state index contributed by atoms with van der Waals surface area (Å²) in [6.45, 7) is 1.37. The minimum absolute atomic E-state index is 0. The van der Waals surface area contributed by atoms with Gasteiger partial charge in [-0.3, -0.25) is 4.99 Å². The number of guanidine groups is 1. The van der Waals surface area contributed by atoms with Crippen LogP contribution < -0.4 is 15.4 Å². The van der Waals surface area contributed by atoms with Crippen LogP contribution in [0.3, 0.4) is 0 Å². The first-order valence-electron chi connectivity index (χ1n) is 7.24. The number of halogens is 4. The standard InChI is InChI=1S/C15H20F3N3O.HI/c1-19-14(21-10-11-6-7-11)20-8-9-22-13-5-3-2-4-12(13)15(16,17)18;/h2-5,11H,6-10H2,1H3,(H2,19,20,21);1H. The van der Waals surface area contributed by atoms with Crippen LogP contribution in [0.2, 0.25) is 0 Å². The molecule has 1 aliphatic rings. The monoisotopic (exact) mass is 443 g/mol. The van der Waals surface area contributed by atoms with Gasteiger partial charge >= 0.3 is 6.18 Å². The van der Waals surface area contributed by atoms with E-state index in [0.29, 0.717) is 18.4 Å². The third kappa shape index (κ3) is 6.84. The summed E-state index contributed by atoms with van der Waals surface area (Å²) in [5, 5.41) is 6.18. The van der Waals surface area contributed by atoms with Crippen molar-refractivity contribution in [3.05, 3.63) is 29.8 Å².